The fourth-order valence-electron chi connectivity index (χ4n) is 7.68. The van der Waals surface area contributed by atoms with Gasteiger partial charge in [0.1, 0.15) is 5.82 Å². The molecular weight excluding hydrogens is 755 g/mol. The van der Waals surface area contributed by atoms with Crippen LogP contribution in [0, 0.1) is 65.5 Å². The van der Waals surface area contributed by atoms with Gasteiger partial charge in [-0.15, -0.1) is 35.7 Å². The molecule has 0 fully saturated rings. The zero-order chi connectivity index (χ0) is 37.6. The topological polar surface area (TPSA) is 44.9 Å². The number of aromatic nitrogens is 4. The van der Waals surface area contributed by atoms with E-state index < -0.39 is 0 Å². The van der Waals surface area contributed by atoms with Crippen LogP contribution >= 0.6 is 0 Å². The molecule has 7 aromatic rings. The number of benzene rings is 4. The number of pyridine rings is 1. The molecule has 5 nitrogen and oxygen atoms in total. The third kappa shape index (κ3) is 7.44. The van der Waals surface area contributed by atoms with E-state index in [9.17, 15) is 0 Å². The molecule has 0 unspecified atom stereocenters. The molecule has 7 rings (SSSR count). The molecular formula is C48H52N4OPd. The van der Waals surface area contributed by atoms with E-state index in [1.807, 2.05) is 30.5 Å². The number of aryl methyl sites for hydroxylation is 2. The Morgan fingerprint density at radius 1 is 0.667 bits per heavy atom. The zero-order valence-corrected chi connectivity index (χ0v) is 35.0. The second-order valence-electron chi connectivity index (χ2n) is 15.7. The van der Waals surface area contributed by atoms with Gasteiger partial charge in [-0.3, -0.25) is 4.68 Å². The molecule has 0 aliphatic rings. The minimum absolute atomic E-state index is 0. The summed E-state index contributed by atoms with van der Waals surface area (Å²) in [4.78, 5) is 4.74. The summed E-state index contributed by atoms with van der Waals surface area (Å²) in [5.74, 6) is 3.24. The van der Waals surface area contributed by atoms with Crippen LogP contribution < -0.4 is 4.74 Å². The third-order valence-electron chi connectivity index (χ3n) is 11.1. The van der Waals surface area contributed by atoms with Crippen molar-refractivity contribution in [3.8, 4) is 34.1 Å². The number of hydrogen-bond acceptors (Lipinski definition) is 3. The molecule has 0 bridgehead atoms. The summed E-state index contributed by atoms with van der Waals surface area (Å²) in [6.45, 7) is 22.7. The van der Waals surface area contributed by atoms with Crippen molar-refractivity contribution in [2.75, 3.05) is 0 Å². The van der Waals surface area contributed by atoms with Crippen molar-refractivity contribution in [2.45, 2.75) is 94.9 Å². The summed E-state index contributed by atoms with van der Waals surface area (Å²) < 4.78 is 10.9. The maximum atomic E-state index is 6.59. The van der Waals surface area contributed by atoms with E-state index in [1.165, 1.54) is 50.3 Å². The van der Waals surface area contributed by atoms with Crippen molar-refractivity contribution in [3.63, 3.8) is 0 Å². The standard InChI is InChI=1S/C48H52N4O.Pd/c1-29(2)18-22-42-48(47-35(9)33(7)32(6)34(8)36(47)10)44(23-19-30(3)4)52(50-42)37-14-13-15-38(27-37)53-39-20-21-41-40-16-11-12-17-43(40)51(45(41)28-39)46-26-31(5)24-25-49-46;/h11-17,20-21,24-26,29-30H,18-19,22-23H2,1-10H3;/q-2;+2. The minimum Gasteiger partial charge on any atom is -0.509 e. The smallest absolute Gasteiger partial charge is 0.509 e. The Bertz CT molecular complexity index is 2440. The fourth-order valence-corrected chi connectivity index (χ4v) is 7.68. The number of rotatable bonds is 11. The van der Waals surface area contributed by atoms with Crippen LogP contribution in [0.15, 0.2) is 72.9 Å². The van der Waals surface area contributed by atoms with Crippen molar-refractivity contribution < 1.29 is 25.2 Å². The van der Waals surface area contributed by atoms with Gasteiger partial charge in [-0.1, -0.05) is 51.4 Å². The van der Waals surface area contributed by atoms with Gasteiger partial charge in [0, 0.05) is 34.5 Å². The molecule has 0 saturated heterocycles. The Hall–Kier alpha value is -4.50. The largest absolute Gasteiger partial charge is 2.00 e. The van der Waals surface area contributed by atoms with Gasteiger partial charge in [-0.05, 0) is 147 Å². The van der Waals surface area contributed by atoms with Gasteiger partial charge >= 0.3 is 20.4 Å². The van der Waals surface area contributed by atoms with Gasteiger partial charge < -0.3 is 9.30 Å². The molecule has 6 heteroatoms. The predicted molar refractivity (Wildman–Crippen MR) is 220 cm³/mol. The van der Waals surface area contributed by atoms with Crippen molar-refractivity contribution in [1.29, 1.82) is 0 Å². The first-order valence-electron chi connectivity index (χ1n) is 19.2. The molecule has 0 aliphatic heterocycles. The Kier molecular flexibility index (Phi) is 11.7. The first-order chi connectivity index (χ1) is 25.4. The van der Waals surface area contributed by atoms with Crippen LogP contribution in [0.25, 0.3) is 44.4 Å². The summed E-state index contributed by atoms with van der Waals surface area (Å²) in [5, 5.41) is 7.71. The molecule has 0 radical (unpaired) electrons. The molecule has 0 atom stereocenters. The van der Waals surface area contributed by atoms with Gasteiger partial charge in [0.25, 0.3) is 0 Å². The number of ether oxygens (including phenoxy) is 1. The summed E-state index contributed by atoms with van der Waals surface area (Å²) >= 11 is 0. The Balaban J connectivity index is 0.00000497. The normalized spacial score (nSPS) is 11.6. The van der Waals surface area contributed by atoms with E-state index in [1.54, 1.807) is 0 Å². The number of nitrogens with zero attached hydrogens (tertiary/aromatic N) is 4. The molecule has 0 amide bonds. The first-order valence-corrected chi connectivity index (χ1v) is 19.2. The van der Waals surface area contributed by atoms with Crippen LogP contribution in [0.4, 0.5) is 0 Å². The maximum absolute atomic E-state index is 6.59. The first kappa shape index (κ1) is 39.2. The van der Waals surface area contributed by atoms with Crippen molar-refractivity contribution in [2.24, 2.45) is 11.8 Å². The second-order valence-corrected chi connectivity index (χ2v) is 15.7. The average molecular weight is 807 g/mol. The summed E-state index contributed by atoms with van der Waals surface area (Å²) in [7, 11) is 0. The van der Waals surface area contributed by atoms with Crippen LogP contribution in [0.5, 0.6) is 11.5 Å². The summed E-state index contributed by atoms with van der Waals surface area (Å²) in [5.41, 5.74) is 16.0. The van der Waals surface area contributed by atoms with E-state index in [2.05, 4.69) is 133 Å². The molecule has 0 N–H and O–H groups in total. The quantitative estimate of drug-likeness (QED) is 0.0966. The predicted octanol–water partition coefficient (Wildman–Crippen LogP) is 12.4. The monoisotopic (exact) mass is 806 g/mol. The summed E-state index contributed by atoms with van der Waals surface area (Å²) in [6.07, 6.45) is 5.86. The second kappa shape index (κ2) is 16.1. The molecule has 0 saturated carbocycles. The van der Waals surface area contributed by atoms with Crippen LogP contribution in [-0.2, 0) is 33.3 Å². The molecule has 3 aromatic heterocycles. The fraction of sp³-hybridized carbons (Fsp3) is 0.333. The van der Waals surface area contributed by atoms with Gasteiger partial charge in [0.05, 0.1) is 5.69 Å². The van der Waals surface area contributed by atoms with E-state index in [0.717, 1.165) is 64.6 Å². The number of para-hydroxylation sites is 1. The van der Waals surface area contributed by atoms with Crippen molar-refractivity contribution in [3.05, 3.63) is 130 Å². The summed E-state index contributed by atoms with van der Waals surface area (Å²) in [6, 6.07) is 30.0. The van der Waals surface area contributed by atoms with Gasteiger partial charge in [-0.2, -0.15) is 17.2 Å². The number of fused-ring (bicyclic) bond motifs is 3. The number of hydrogen-bond donors (Lipinski definition) is 0. The Morgan fingerprint density at radius 3 is 2.04 bits per heavy atom. The third-order valence-corrected chi connectivity index (χ3v) is 11.1. The van der Waals surface area contributed by atoms with Crippen LogP contribution in [-0.4, -0.2) is 19.3 Å². The van der Waals surface area contributed by atoms with Crippen molar-refractivity contribution >= 4 is 21.8 Å². The zero-order valence-electron chi connectivity index (χ0n) is 33.4. The SMILES string of the molecule is Cc1ccnc(-n2c3[c-]c(Oc4[c-]c(-n5nc(CCC(C)C)c(-c6c(C)c(C)c(C)c(C)c6C)c5CCC(C)C)ccc4)ccc3c3ccccc32)c1.[Pd+2]. The van der Waals surface area contributed by atoms with Gasteiger partial charge in [0.2, 0.25) is 0 Å². The Morgan fingerprint density at radius 2 is 1.33 bits per heavy atom. The van der Waals surface area contributed by atoms with Crippen LogP contribution in [0.2, 0.25) is 0 Å². The molecule has 280 valence electrons. The van der Waals surface area contributed by atoms with E-state index in [-0.39, 0.29) is 20.4 Å². The molecule has 0 aliphatic carbocycles. The van der Waals surface area contributed by atoms with E-state index in [0.29, 0.717) is 23.3 Å². The molecule has 3 heterocycles. The Labute approximate surface area is 335 Å². The molecule has 4 aromatic carbocycles. The van der Waals surface area contributed by atoms with Gasteiger partial charge in [-0.25, -0.2) is 4.98 Å². The maximum Gasteiger partial charge on any atom is 2.00 e. The average Bonchev–Trinajstić information content (AvgIpc) is 3.66. The molecule has 0 spiro atoms. The van der Waals surface area contributed by atoms with Crippen molar-refractivity contribution in [1.82, 2.24) is 19.3 Å². The van der Waals surface area contributed by atoms with Crippen LogP contribution in [0.3, 0.4) is 0 Å². The van der Waals surface area contributed by atoms with Crippen LogP contribution in [0.1, 0.15) is 85.3 Å². The van der Waals surface area contributed by atoms with E-state index in [4.69, 9.17) is 14.8 Å². The molecule has 54 heavy (non-hydrogen) atoms. The van der Waals surface area contributed by atoms with E-state index >= 15 is 0 Å². The minimum atomic E-state index is 0. The van der Waals surface area contributed by atoms with Gasteiger partial charge in [0.15, 0.2) is 0 Å².